The zero-order chi connectivity index (χ0) is 18.0. The molecule has 2 aromatic rings. The number of rotatable bonds is 5. The Morgan fingerprint density at radius 2 is 2.04 bits per heavy atom. The van der Waals surface area contributed by atoms with Crippen molar-refractivity contribution >= 4 is 17.7 Å². The molecule has 1 aliphatic rings. The van der Waals surface area contributed by atoms with Gasteiger partial charge in [-0.1, -0.05) is 18.7 Å². The molecule has 0 saturated carbocycles. The summed E-state index contributed by atoms with van der Waals surface area (Å²) in [5.74, 6) is 2.44. The third-order valence-electron chi connectivity index (χ3n) is 4.53. The Morgan fingerprint density at radius 1 is 1.32 bits per heavy atom. The van der Waals surface area contributed by atoms with Crippen LogP contribution in [-0.2, 0) is 18.9 Å². The molecule has 1 fully saturated rings. The summed E-state index contributed by atoms with van der Waals surface area (Å²) >= 11 is 1.42. The fraction of sp³-hybridized carbons (Fsp3) is 0.625. The Bertz CT molecular complexity index is 748. The van der Waals surface area contributed by atoms with Crippen molar-refractivity contribution in [1.82, 2.24) is 29.4 Å². The van der Waals surface area contributed by atoms with Crippen molar-refractivity contribution in [3.63, 3.8) is 0 Å². The van der Waals surface area contributed by atoms with Crippen LogP contribution in [0.3, 0.4) is 0 Å². The van der Waals surface area contributed by atoms with E-state index in [1.165, 1.54) is 11.8 Å². The monoisotopic (exact) mass is 364 g/mol. The summed E-state index contributed by atoms with van der Waals surface area (Å²) < 4.78 is 8.84. The highest BCUT2D eigenvalue weighted by atomic mass is 32.2. The minimum absolute atomic E-state index is 0.167. The summed E-state index contributed by atoms with van der Waals surface area (Å²) in [6.07, 6.45) is 4.02. The lowest BCUT2D eigenvalue weighted by Crippen LogP contribution is -2.38. The van der Waals surface area contributed by atoms with E-state index in [9.17, 15) is 4.79 Å². The fourth-order valence-electron chi connectivity index (χ4n) is 2.92. The van der Waals surface area contributed by atoms with Gasteiger partial charge < -0.3 is 14.2 Å². The van der Waals surface area contributed by atoms with Crippen molar-refractivity contribution in [3.8, 4) is 17.3 Å². The van der Waals surface area contributed by atoms with Crippen molar-refractivity contribution in [2.75, 3.05) is 26.0 Å². The summed E-state index contributed by atoms with van der Waals surface area (Å²) in [6, 6.07) is 0. The van der Waals surface area contributed by atoms with E-state index in [0.717, 1.165) is 31.5 Å². The largest absolute Gasteiger partial charge is 0.479 e. The van der Waals surface area contributed by atoms with E-state index in [-0.39, 0.29) is 5.91 Å². The molecule has 0 atom stereocenters. The minimum Gasteiger partial charge on any atom is -0.479 e. The molecule has 0 radical (unpaired) electrons. The maximum absolute atomic E-state index is 12.4. The van der Waals surface area contributed by atoms with E-state index in [0.29, 0.717) is 28.5 Å². The molecule has 0 aliphatic carbocycles. The van der Waals surface area contributed by atoms with E-state index in [4.69, 9.17) is 4.74 Å². The number of carbonyl (C=O) groups is 1. The Kier molecular flexibility index (Phi) is 5.31. The van der Waals surface area contributed by atoms with Crippen LogP contribution in [0.4, 0.5) is 0 Å². The number of piperidine rings is 1. The van der Waals surface area contributed by atoms with Crippen LogP contribution in [0.2, 0.25) is 0 Å². The zero-order valence-electron chi connectivity index (χ0n) is 15.1. The Hall–Kier alpha value is -2.03. The maximum atomic E-state index is 12.4. The van der Waals surface area contributed by atoms with Crippen LogP contribution in [0.15, 0.2) is 11.4 Å². The zero-order valence-corrected chi connectivity index (χ0v) is 15.9. The highest BCUT2D eigenvalue weighted by molar-refractivity contribution is 7.99. The second-order valence-corrected chi connectivity index (χ2v) is 7.39. The fourth-order valence-corrected chi connectivity index (χ4v) is 3.74. The lowest BCUT2D eigenvalue weighted by atomic mass is 9.99. The third-order valence-corrected chi connectivity index (χ3v) is 5.53. The van der Waals surface area contributed by atoms with Crippen molar-refractivity contribution in [3.05, 3.63) is 6.20 Å². The summed E-state index contributed by atoms with van der Waals surface area (Å²) in [6.45, 7) is 3.96. The molecule has 8 nitrogen and oxygen atoms in total. The number of nitrogens with zero attached hydrogens (tertiary/aromatic N) is 6. The van der Waals surface area contributed by atoms with Gasteiger partial charge >= 0.3 is 0 Å². The topological polar surface area (TPSA) is 78.1 Å². The highest BCUT2D eigenvalue weighted by Crippen LogP contribution is 2.29. The molecule has 2 aromatic heterocycles. The molecule has 0 bridgehead atoms. The smallest absolute Gasteiger partial charge is 0.243 e. The number of hydrogen-bond donors (Lipinski definition) is 0. The number of carbonyl (C=O) groups excluding carboxylic acids is 1. The molecule has 9 heteroatoms. The molecule has 0 unspecified atom stereocenters. The molecule has 0 spiro atoms. The quantitative estimate of drug-likeness (QED) is 0.750. The number of aromatic nitrogens is 5. The SMILES string of the molecule is COc1nn(C)cc1-c1nnc(SCC(=O)N2CCC(C)CC2)n1C. The lowest BCUT2D eigenvalue weighted by molar-refractivity contribution is -0.129. The first-order chi connectivity index (χ1) is 12.0. The van der Waals surface area contributed by atoms with Gasteiger partial charge in [0.1, 0.15) is 5.56 Å². The molecule has 3 heterocycles. The maximum Gasteiger partial charge on any atom is 0.243 e. The molecular weight excluding hydrogens is 340 g/mol. The number of likely N-dealkylation sites (tertiary alicyclic amines) is 1. The lowest BCUT2D eigenvalue weighted by Gasteiger charge is -2.30. The van der Waals surface area contributed by atoms with Crippen LogP contribution >= 0.6 is 11.8 Å². The van der Waals surface area contributed by atoms with Gasteiger partial charge in [-0.25, -0.2) is 0 Å². The van der Waals surface area contributed by atoms with Gasteiger partial charge in [-0.15, -0.1) is 15.3 Å². The van der Waals surface area contributed by atoms with E-state index in [2.05, 4.69) is 22.2 Å². The minimum atomic E-state index is 0.167. The van der Waals surface area contributed by atoms with Gasteiger partial charge in [-0.3, -0.25) is 9.48 Å². The first-order valence-corrected chi connectivity index (χ1v) is 9.36. The number of methoxy groups -OCH3 is 1. The summed E-state index contributed by atoms with van der Waals surface area (Å²) in [7, 11) is 5.29. The first-order valence-electron chi connectivity index (χ1n) is 8.37. The first kappa shape index (κ1) is 17.8. The third kappa shape index (κ3) is 3.81. The van der Waals surface area contributed by atoms with E-state index in [1.54, 1.807) is 11.8 Å². The van der Waals surface area contributed by atoms with E-state index < -0.39 is 0 Å². The van der Waals surface area contributed by atoms with Gasteiger partial charge in [0.05, 0.1) is 12.9 Å². The second-order valence-electron chi connectivity index (χ2n) is 6.44. The molecular formula is C16H24N6O2S. The van der Waals surface area contributed by atoms with Crippen molar-refractivity contribution in [2.45, 2.75) is 24.9 Å². The number of thioether (sulfide) groups is 1. The normalized spacial score (nSPS) is 15.6. The van der Waals surface area contributed by atoms with Gasteiger partial charge in [0.15, 0.2) is 11.0 Å². The summed E-state index contributed by atoms with van der Waals surface area (Å²) in [5, 5.41) is 13.4. The second kappa shape index (κ2) is 7.47. The average Bonchev–Trinajstić information content (AvgIpc) is 3.15. The van der Waals surface area contributed by atoms with Crippen LogP contribution in [-0.4, -0.2) is 61.3 Å². The number of hydrogen-bond acceptors (Lipinski definition) is 6. The standard InChI is InChI=1S/C16H24N6O2S/c1-11-5-7-22(8-6-11)13(23)10-25-16-18-17-14(21(16)3)12-9-20(2)19-15(12)24-4/h9,11H,5-8,10H2,1-4H3. The van der Waals surface area contributed by atoms with E-state index in [1.807, 2.05) is 29.8 Å². The van der Waals surface area contributed by atoms with Gasteiger partial charge in [0.2, 0.25) is 11.8 Å². The van der Waals surface area contributed by atoms with Crippen LogP contribution in [0.25, 0.3) is 11.4 Å². The Labute approximate surface area is 151 Å². The van der Waals surface area contributed by atoms with Gasteiger partial charge in [0, 0.05) is 33.4 Å². The van der Waals surface area contributed by atoms with Crippen LogP contribution in [0, 0.1) is 5.92 Å². The van der Waals surface area contributed by atoms with Gasteiger partial charge in [-0.2, -0.15) is 0 Å². The van der Waals surface area contributed by atoms with Crippen molar-refractivity contribution < 1.29 is 9.53 Å². The van der Waals surface area contributed by atoms with E-state index >= 15 is 0 Å². The van der Waals surface area contributed by atoms with Crippen LogP contribution < -0.4 is 4.74 Å². The molecule has 0 aromatic carbocycles. The average molecular weight is 364 g/mol. The van der Waals surface area contributed by atoms with Gasteiger partial charge in [-0.05, 0) is 18.8 Å². The van der Waals surface area contributed by atoms with Crippen LogP contribution in [0.1, 0.15) is 19.8 Å². The van der Waals surface area contributed by atoms with Gasteiger partial charge in [0.25, 0.3) is 0 Å². The predicted octanol–water partition coefficient (Wildman–Crippen LogP) is 1.57. The molecule has 1 aliphatic heterocycles. The van der Waals surface area contributed by atoms with Crippen molar-refractivity contribution in [1.29, 1.82) is 0 Å². The molecule has 136 valence electrons. The summed E-state index contributed by atoms with van der Waals surface area (Å²) in [4.78, 5) is 14.3. The molecule has 1 saturated heterocycles. The van der Waals surface area contributed by atoms with Crippen molar-refractivity contribution in [2.24, 2.45) is 20.0 Å². The Balaban J connectivity index is 1.66. The number of aryl methyl sites for hydroxylation is 1. The summed E-state index contributed by atoms with van der Waals surface area (Å²) in [5.41, 5.74) is 0.781. The number of ether oxygens (including phenoxy) is 1. The Morgan fingerprint density at radius 3 is 2.72 bits per heavy atom. The molecule has 1 amide bonds. The predicted molar refractivity (Wildman–Crippen MR) is 95.5 cm³/mol. The molecule has 0 N–H and O–H groups in total. The molecule has 3 rings (SSSR count). The van der Waals surface area contributed by atoms with Crippen LogP contribution in [0.5, 0.6) is 5.88 Å². The number of amides is 1. The highest BCUT2D eigenvalue weighted by Gasteiger charge is 2.22. The molecule has 25 heavy (non-hydrogen) atoms.